The summed E-state index contributed by atoms with van der Waals surface area (Å²) in [5.41, 5.74) is 9.69. The first-order valence-electron chi connectivity index (χ1n) is 6.23. The zero-order valence-corrected chi connectivity index (χ0v) is 13.0. The number of aryl methyl sites for hydroxylation is 3. The van der Waals surface area contributed by atoms with Gasteiger partial charge in [0.15, 0.2) is 0 Å². The number of nitrogens with zero attached hydrogens (tertiary/aromatic N) is 2. The van der Waals surface area contributed by atoms with Crippen LogP contribution in [0.1, 0.15) is 23.9 Å². The summed E-state index contributed by atoms with van der Waals surface area (Å²) in [7, 11) is 0. The number of nitrogens with two attached hydrogens (primary N) is 1. The molecule has 0 atom stereocenters. The highest BCUT2D eigenvalue weighted by Crippen LogP contribution is 2.26. The summed E-state index contributed by atoms with van der Waals surface area (Å²) in [6.07, 6.45) is 0. The molecule has 1 heterocycles. The summed E-state index contributed by atoms with van der Waals surface area (Å²) in [4.78, 5) is 0. The lowest BCUT2D eigenvalue weighted by molar-refractivity contribution is 0.293. The van der Waals surface area contributed by atoms with Crippen molar-refractivity contribution in [2.45, 2.75) is 33.9 Å². The number of nitrogen functional groups attached to an aromatic ring is 1. The van der Waals surface area contributed by atoms with Crippen molar-refractivity contribution in [2.24, 2.45) is 0 Å². The molecule has 19 heavy (non-hydrogen) atoms. The smallest absolute Gasteiger partial charge is 0.143 e. The number of hydrogen-bond donors (Lipinski definition) is 1. The van der Waals surface area contributed by atoms with Crippen molar-refractivity contribution in [3.63, 3.8) is 0 Å². The Bertz CT molecular complexity index is 593. The Hall–Kier alpha value is -1.49. The SMILES string of the molecule is CCn1nc(C)c(Br)c1COc1cc(C)ccc1N. The first-order valence-corrected chi connectivity index (χ1v) is 7.03. The molecule has 2 aromatic rings. The van der Waals surface area contributed by atoms with E-state index >= 15 is 0 Å². The number of rotatable bonds is 4. The van der Waals surface area contributed by atoms with E-state index in [1.807, 2.05) is 36.7 Å². The lowest BCUT2D eigenvalue weighted by atomic mass is 10.2. The Morgan fingerprint density at radius 3 is 2.79 bits per heavy atom. The fraction of sp³-hybridized carbons (Fsp3) is 0.357. The third-order valence-corrected chi connectivity index (χ3v) is 4.02. The van der Waals surface area contributed by atoms with Crippen molar-refractivity contribution in [1.82, 2.24) is 9.78 Å². The highest BCUT2D eigenvalue weighted by Gasteiger charge is 2.13. The van der Waals surface area contributed by atoms with E-state index in [1.54, 1.807) is 0 Å². The van der Waals surface area contributed by atoms with Crippen LogP contribution in [0.3, 0.4) is 0 Å². The van der Waals surface area contributed by atoms with Gasteiger partial charge in [0.05, 0.1) is 21.5 Å². The molecule has 0 spiro atoms. The second-order valence-corrected chi connectivity index (χ2v) is 5.28. The van der Waals surface area contributed by atoms with Crippen LogP contribution < -0.4 is 10.5 Å². The van der Waals surface area contributed by atoms with E-state index in [0.29, 0.717) is 18.0 Å². The highest BCUT2D eigenvalue weighted by molar-refractivity contribution is 9.10. The summed E-state index contributed by atoms with van der Waals surface area (Å²) < 4.78 is 8.76. The van der Waals surface area contributed by atoms with E-state index in [0.717, 1.165) is 28.0 Å². The third-order valence-electron chi connectivity index (χ3n) is 2.99. The Labute approximate surface area is 121 Å². The van der Waals surface area contributed by atoms with Crippen molar-refractivity contribution in [2.75, 3.05) is 5.73 Å². The topological polar surface area (TPSA) is 53.1 Å². The Balaban J connectivity index is 2.21. The van der Waals surface area contributed by atoms with E-state index in [4.69, 9.17) is 10.5 Å². The van der Waals surface area contributed by atoms with Crippen molar-refractivity contribution < 1.29 is 4.74 Å². The van der Waals surface area contributed by atoms with Gasteiger partial charge in [-0.05, 0) is 54.4 Å². The van der Waals surface area contributed by atoms with Crippen molar-refractivity contribution in [3.8, 4) is 5.75 Å². The number of anilines is 1. The van der Waals surface area contributed by atoms with Crippen molar-refractivity contribution >= 4 is 21.6 Å². The van der Waals surface area contributed by atoms with Crippen LogP contribution in [0.2, 0.25) is 0 Å². The quantitative estimate of drug-likeness (QED) is 0.877. The second kappa shape index (κ2) is 5.65. The van der Waals surface area contributed by atoms with E-state index in [-0.39, 0.29) is 0 Å². The van der Waals surface area contributed by atoms with Crippen LogP contribution in [0.25, 0.3) is 0 Å². The molecule has 2 N–H and O–H groups in total. The number of benzene rings is 1. The third kappa shape index (κ3) is 2.92. The van der Waals surface area contributed by atoms with Gasteiger partial charge in [-0.15, -0.1) is 0 Å². The maximum Gasteiger partial charge on any atom is 0.143 e. The van der Waals surface area contributed by atoms with E-state index in [1.165, 1.54) is 0 Å². The highest BCUT2D eigenvalue weighted by atomic mass is 79.9. The van der Waals surface area contributed by atoms with Gasteiger partial charge < -0.3 is 10.5 Å². The summed E-state index contributed by atoms with van der Waals surface area (Å²) in [6.45, 7) is 7.31. The van der Waals surface area contributed by atoms with Crippen molar-refractivity contribution in [3.05, 3.63) is 39.6 Å². The molecule has 0 saturated heterocycles. The van der Waals surface area contributed by atoms with Crippen LogP contribution in [-0.2, 0) is 13.2 Å². The number of halogens is 1. The molecule has 0 amide bonds. The molecule has 0 aliphatic rings. The minimum Gasteiger partial charge on any atom is -0.485 e. The molecule has 0 aliphatic heterocycles. The standard InChI is InChI=1S/C14H18BrN3O/c1-4-18-12(14(15)10(3)17-18)8-19-13-7-9(2)5-6-11(13)16/h5-7H,4,8,16H2,1-3H3. The lowest BCUT2D eigenvalue weighted by Gasteiger charge is -2.11. The minimum atomic E-state index is 0.447. The van der Waals surface area contributed by atoms with E-state index in [2.05, 4.69) is 28.0 Å². The molecule has 2 rings (SSSR count). The van der Waals surface area contributed by atoms with Gasteiger partial charge in [-0.1, -0.05) is 6.07 Å². The Morgan fingerprint density at radius 2 is 2.11 bits per heavy atom. The molecular weight excluding hydrogens is 306 g/mol. The van der Waals surface area contributed by atoms with Crippen LogP contribution >= 0.6 is 15.9 Å². The Kier molecular flexibility index (Phi) is 4.14. The molecule has 5 heteroatoms. The normalized spacial score (nSPS) is 10.7. The van der Waals surface area contributed by atoms with E-state index in [9.17, 15) is 0 Å². The molecule has 1 aromatic carbocycles. The largest absolute Gasteiger partial charge is 0.485 e. The molecule has 0 saturated carbocycles. The monoisotopic (exact) mass is 323 g/mol. The fourth-order valence-corrected chi connectivity index (χ4v) is 2.32. The molecule has 0 bridgehead atoms. The summed E-state index contributed by atoms with van der Waals surface area (Å²) >= 11 is 3.55. The fourth-order valence-electron chi connectivity index (χ4n) is 1.92. The van der Waals surface area contributed by atoms with Gasteiger partial charge in [-0.25, -0.2) is 0 Å². The summed E-state index contributed by atoms with van der Waals surface area (Å²) in [5, 5.41) is 4.44. The van der Waals surface area contributed by atoms with Crippen LogP contribution in [0.5, 0.6) is 5.75 Å². The summed E-state index contributed by atoms with van der Waals surface area (Å²) in [6, 6.07) is 5.78. The molecule has 4 nitrogen and oxygen atoms in total. The Morgan fingerprint density at radius 1 is 1.37 bits per heavy atom. The van der Waals surface area contributed by atoms with Gasteiger partial charge in [-0.2, -0.15) is 5.10 Å². The van der Waals surface area contributed by atoms with Gasteiger partial charge in [0.2, 0.25) is 0 Å². The first kappa shape index (κ1) is 13.9. The molecule has 102 valence electrons. The maximum atomic E-state index is 5.91. The average molecular weight is 324 g/mol. The van der Waals surface area contributed by atoms with Gasteiger partial charge in [0, 0.05) is 6.54 Å². The molecule has 1 aromatic heterocycles. The summed E-state index contributed by atoms with van der Waals surface area (Å²) in [5.74, 6) is 0.716. The zero-order valence-electron chi connectivity index (χ0n) is 11.4. The van der Waals surface area contributed by atoms with Gasteiger partial charge >= 0.3 is 0 Å². The number of aromatic nitrogens is 2. The van der Waals surface area contributed by atoms with Crippen LogP contribution in [0.15, 0.2) is 22.7 Å². The zero-order chi connectivity index (χ0) is 14.0. The first-order chi connectivity index (χ1) is 9.02. The van der Waals surface area contributed by atoms with Crippen LogP contribution in [-0.4, -0.2) is 9.78 Å². The average Bonchev–Trinajstić information content (AvgIpc) is 2.66. The lowest BCUT2D eigenvalue weighted by Crippen LogP contribution is -2.07. The predicted octanol–water partition coefficient (Wildman–Crippen LogP) is 3.44. The van der Waals surface area contributed by atoms with Crippen LogP contribution in [0.4, 0.5) is 5.69 Å². The molecule has 0 radical (unpaired) electrons. The maximum absolute atomic E-state index is 5.91. The number of ether oxygens (including phenoxy) is 1. The molecular formula is C14H18BrN3O. The number of hydrogen-bond acceptors (Lipinski definition) is 3. The van der Waals surface area contributed by atoms with Gasteiger partial charge in [-0.3, -0.25) is 4.68 Å². The molecule has 0 unspecified atom stereocenters. The van der Waals surface area contributed by atoms with Crippen LogP contribution in [0, 0.1) is 13.8 Å². The molecule has 0 aliphatic carbocycles. The van der Waals surface area contributed by atoms with E-state index < -0.39 is 0 Å². The predicted molar refractivity (Wildman–Crippen MR) is 80.3 cm³/mol. The van der Waals surface area contributed by atoms with Gasteiger partial charge in [0.1, 0.15) is 12.4 Å². The minimum absolute atomic E-state index is 0.447. The van der Waals surface area contributed by atoms with Crippen molar-refractivity contribution in [1.29, 1.82) is 0 Å². The second-order valence-electron chi connectivity index (χ2n) is 4.49. The van der Waals surface area contributed by atoms with Gasteiger partial charge in [0.25, 0.3) is 0 Å². The molecule has 0 fully saturated rings.